The van der Waals surface area contributed by atoms with E-state index >= 15 is 0 Å². The molecule has 3 heterocycles. The second kappa shape index (κ2) is 5.35. The highest BCUT2D eigenvalue weighted by Gasteiger charge is 2.37. The number of alkyl halides is 1. The van der Waals surface area contributed by atoms with E-state index in [-0.39, 0.29) is 10.3 Å². The topological polar surface area (TPSA) is 50.2 Å². The maximum atomic E-state index is 12.3. The van der Waals surface area contributed by atoms with Crippen molar-refractivity contribution in [1.29, 1.82) is 0 Å². The summed E-state index contributed by atoms with van der Waals surface area (Å²) in [6, 6.07) is 0. The van der Waals surface area contributed by atoms with E-state index in [9.17, 15) is 4.79 Å². The van der Waals surface area contributed by atoms with Crippen molar-refractivity contribution in [2.24, 2.45) is 0 Å². The van der Waals surface area contributed by atoms with Crippen molar-refractivity contribution in [3.63, 3.8) is 0 Å². The molecule has 7 heteroatoms. The Morgan fingerprint density at radius 3 is 3.05 bits per heavy atom. The Kier molecular flexibility index (Phi) is 3.85. The van der Waals surface area contributed by atoms with Crippen molar-refractivity contribution < 1.29 is 0 Å². The van der Waals surface area contributed by atoms with E-state index in [2.05, 4.69) is 49.5 Å². The quantitative estimate of drug-likeness (QED) is 0.662. The minimum absolute atomic E-state index is 0.0732. The van der Waals surface area contributed by atoms with Crippen molar-refractivity contribution in [1.82, 2.24) is 14.5 Å². The molecule has 0 unspecified atom stereocenters. The van der Waals surface area contributed by atoms with Crippen LogP contribution in [0.25, 0.3) is 0 Å². The average Bonchev–Trinajstić information content (AvgIpc) is 2.77. The minimum atomic E-state index is -0.0779. The Morgan fingerprint density at radius 2 is 2.35 bits per heavy atom. The molecule has 1 aromatic heterocycles. The van der Waals surface area contributed by atoms with Crippen LogP contribution in [-0.4, -0.2) is 37.7 Å². The SMILES string of the molecule is CCCN1CNc2c(c(=O)nc3n2C[C@@](C)(CBr)S3)C1. The summed E-state index contributed by atoms with van der Waals surface area (Å²) in [6.07, 6.45) is 1.09. The van der Waals surface area contributed by atoms with Crippen LogP contribution in [0.3, 0.4) is 0 Å². The normalized spacial score (nSPS) is 25.1. The molecule has 110 valence electrons. The van der Waals surface area contributed by atoms with Gasteiger partial charge in [0.25, 0.3) is 5.56 Å². The van der Waals surface area contributed by atoms with Gasteiger partial charge in [-0.15, -0.1) is 0 Å². The van der Waals surface area contributed by atoms with Gasteiger partial charge in [-0.3, -0.25) is 9.69 Å². The zero-order chi connectivity index (χ0) is 14.3. The molecule has 5 nitrogen and oxygen atoms in total. The van der Waals surface area contributed by atoms with E-state index in [0.717, 1.165) is 48.0 Å². The summed E-state index contributed by atoms with van der Waals surface area (Å²) < 4.78 is 2.25. The second-order valence-corrected chi connectivity index (χ2v) is 7.80. The van der Waals surface area contributed by atoms with Crippen molar-refractivity contribution >= 4 is 33.5 Å². The molecule has 0 saturated heterocycles. The van der Waals surface area contributed by atoms with Crippen LogP contribution in [0.1, 0.15) is 25.8 Å². The van der Waals surface area contributed by atoms with Crippen molar-refractivity contribution in [2.45, 2.75) is 43.3 Å². The summed E-state index contributed by atoms with van der Waals surface area (Å²) in [5.41, 5.74) is 0.735. The molecular formula is C13H19BrN4OS. The molecule has 0 aromatic carbocycles. The van der Waals surface area contributed by atoms with E-state index in [0.29, 0.717) is 6.54 Å². The number of rotatable bonds is 3. The highest BCUT2D eigenvalue weighted by molar-refractivity contribution is 9.09. The van der Waals surface area contributed by atoms with Gasteiger partial charge in [0.2, 0.25) is 0 Å². The van der Waals surface area contributed by atoms with Gasteiger partial charge in [-0.2, -0.15) is 4.98 Å². The zero-order valence-corrected chi connectivity index (χ0v) is 14.2. The molecule has 0 radical (unpaired) electrons. The van der Waals surface area contributed by atoms with Crippen LogP contribution >= 0.6 is 27.7 Å². The number of nitrogens with one attached hydrogen (secondary N) is 1. The molecule has 20 heavy (non-hydrogen) atoms. The van der Waals surface area contributed by atoms with Gasteiger partial charge in [0.15, 0.2) is 5.16 Å². The summed E-state index contributed by atoms with van der Waals surface area (Å²) >= 11 is 5.26. The molecule has 0 bridgehead atoms. The lowest BCUT2D eigenvalue weighted by Crippen LogP contribution is -2.39. The van der Waals surface area contributed by atoms with Crippen LogP contribution in [0.15, 0.2) is 9.95 Å². The summed E-state index contributed by atoms with van der Waals surface area (Å²) in [6.45, 7) is 7.75. The third-order valence-corrected chi connectivity index (χ3v) is 6.62. The highest BCUT2D eigenvalue weighted by Crippen LogP contribution is 2.42. The van der Waals surface area contributed by atoms with E-state index in [1.165, 1.54) is 0 Å². The Balaban J connectivity index is 1.99. The lowest BCUT2D eigenvalue weighted by molar-refractivity contribution is 0.271. The highest BCUT2D eigenvalue weighted by atomic mass is 79.9. The summed E-state index contributed by atoms with van der Waals surface area (Å²) in [5, 5.41) is 5.15. The van der Waals surface area contributed by atoms with Gasteiger partial charge in [0.1, 0.15) is 5.82 Å². The molecule has 0 aliphatic carbocycles. The maximum Gasteiger partial charge on any atom is 0.280 e. The fraction of sp³-hybridized carbons (Fsp3) is 0.692. The average molecular weight is 359 g/mol. The van der Waals surface area contributed by atoms with Crippen molar-refractivity contribution in [2.75, 3.05) is 23.9 Å². The molecule has 0 spiro atoms. The molecule has 0 fully saturated rings. The van der Waals surface area contributed by atoms with Crippen LogP contribution in [0.5, 0.6) is 0 Å². The van der Waals surface area contributed by atoms with Crippen LogP contribution in [0, 0.1) is 0 Å². The Morgan fingerprint density at radius 1 is 1.55 bits per heavy atom. The number of thioether (sulfide) groups is 1. The van der Waals surface area contributed by atoms with Gasteiger partial charge in [-0.25, -0.2) is 0 Å². The molecular weight excluding hydrogens is 340 g/mol. The number of nitrogens with zero attached hydrogens (tertiary/aromatic N) is 3. The standard InChI is InChI=1S/C13H19BrN4OS/c1-3-4-17-5-9-10(15-8-17)18-7-13(2,6-14)20-12(18)16-11(9)19/h15H,3-8H2,1-2H3/t13-/m1/s1. The van der Waals surface area contributed by atoms with E-state index in [1.807, 2.05) is 0 Å². The number of anilines is 1. The predicted octanol–water partition coefficient (Wildman–Crippen LogP) is 2.10. The van der Waals surface area contributed by atoms with Gasteiger partial charge in [0.05, 0.1) is 12.2 Å². The zero-order valence-electron chi connectivity index (χ0n) is 11.8. The summed E-state index contributed by atoms with van der Waals surface area (Å²) in [4.78, 5) is 18.8. The first-order valence-electron chi connectivity index (χ1n) is 6.91. The van der Waals surface area contributed by atoms with Gasteiger partial charge in [-0.1, -0.05) is 34.6 Å². The smallest absolute Gasteiger partial charge is 0.280 e. The lowest BCUT2D eigenvalue weighted by atomic mass is 10.2. The van der Waals surface area contributed by atoms with Crippen LogP contribution in [0.2, 0.25) is 0 Å². The first-order chi connectivity index (χ1) is 9.56. The van der Waals surface area contributed by atoms with E-state index in [1.54, 1.807) is 11.8 Å². The molecule has 1 atom stereocenters. The monoisotopic (exact) mass is 358 g/mol. The van der Waals surface area contributed by atoms with Crippen LogP contribution < -0.4 is 10.9 Å². The Bertz CT molecular complexity index is 590. The second-order valence-electron chi connectivity index (χ2n) is 5.69. The Hall–Kier alpha value is -0.530. The van der Waals surface area contributed by atoms with Crippen molar-refractivity contribution in [3.05, 3.63) is 15.9 Å². The fourth-order valence-corrected chi connectivity index (χ4v) is 4.35. The maximum absolute atomic E-state index is 12.3. The number of fused-ring (bicyclic) bond motifs is 3. The fourth-order valence-electron chi connectivity index (χ4n) is 2.74. The number of hydrogen-bond donors (Lipinski definition) is 1. The van der Waals surface area contributed by atoms with E-state index in [4.69, 9.17) is 0 Å². The van der Waals surface area contributed by atoms with Crippen LogP contribution in [-0.2, 0) is 13.1 Å². The summed E-state index contributed by atoms with van der Waals surface area (Å²) in [7, 11) is 0. The number of aromatic nitrogens is 2. The van der Waals surface area contributed by atoms with Gasteiger partial charge < -0.3 is 9.88 Å². The molecule has 1 N–H and O–H groups in total. The van der Waals surface area contributed by atoms with Gasteiger partial charge in [0, 0.05) is 23.2 Å². The third kappa shape index (κ3) is 2.40. The molecule has 1 aromatic rings. The molecule has 2 aliphatic rings. The van der Waals surface area contributed by atoms with Gasteiger partial charge in [-0.05, 0) is 19.9 Å². The van der Waals surface area contributed by atoms with Crippen LogP contribution in [0.4, 0.5) is 5.82 Å². The first-order valence-corrected chi connectivity index (χ1v) is 8.85. The third-order valence-electron chi connectivity index (χ3n) is 3.75. The number of halogens is 1. The van der Waals surface area contributed by atoms with Crippen molar-refractivity contribution in [3.8, 4) is 0 Å². The minimum Gasteiger partial charge on any atom is -0.358 e. The summed E-state index contributed by atoms with van der Waals surface area (Å²) in [5.74, 6) is 0.976. The largest absolute Gasteiger partial charge is 0.358 e. The predicted molar refractivity (Wildman–Crippen MR) is 85.7 cm³/mol. The number of hydrogen-bond acceptors (Lipinski definition) is 5. The molecule has 0 saturated carbocycles. The van der Waals surface area contributed by atoms with Gasteiger partial charge >= 0.3 is 0 Å². The molecule has 3 rings (SSSR count). The van der Waals surface area contributed by atoms with E-state index < -0.39 is 0 Å². The lowest BCUT2D eigenvalue weighted by Gasteiger charge is -2.30. The molecule has 2 aliphatic heterocycles. The molecule has 0 amide bonds. The first kappa shape index (κ1) is 14.4. The Labute approximate surface area is 131 Å².